The van der Waals surface area contributed by atoms with E-state index in [-0.39, 0.29) is 12.4 Å². The van der Waals surface area contributed by atoms with E-state index in [2.05, 4.69) is 4.72 Å². The van der Waals surface area contributed by atoms with Gasteiger partial charge in [-0.2, -0.15) is 4.72 Å². The van der Waals surface area contributed by atoms with Crippen molar-refractivity contribution in [2.75, 3.05) is 19.5 Å². The second-order valence-corrected chi connectivity index (χ2v) is 6.56. The summed E-state index contributed by atoms with van der Waals surface area (Å²) in [7, 11) is -2.21. The number of methoxy groups -OCH3 is 1. The molecule has 0 amide bonds. The smallest absolute Gasteiger partial charge is 0.324 e. The van der Waals surface area contributed by atoms with Crippen molar-refractivity contribution in [2.45, 2.75) is 44.1 Å². The van der Waals surface area contributed by atoms with Gasteiger partial charge in [-0.25, -0.2) is 8.42 Å². The predicted molar refractivity (Wildman–Crippen MR) is 66.9 cm³/mol. The van der Waals surface area contributed by atoms with Crippen LogP contribution in [0.5, 0.6) is 0 Å². The molecule has 0 aromatic rings. The van der Waals surface area contributed by atoms with Crippen LogP contribution < -0.4 is 4.72 Å². The van der Waals surface area contributed by atoms with Crippen molar-refractivity contribution in [3.05, 3.63) is 0 Å². The van der Waals surface area contributed by atoms with E-state index in [1.54, 1.807) is 0 Å². The zero-order valence-corrected chi connectivity index (χ0v) is 11.5. The average molecular weight is 279 g/mol. The van der Waals surface area contributed by atoms with Crippen LogP contribution >= 0.6 is 0 Å². The third-order valence-corrected chi connectivity index (χ3v) is 4.68. The quantitative estimate of drug-likeness (QED) is 0.699. The first-order valence-corrected chi connectivity index (χ1v) is 7.81. The molecule has 1 saturated carbocycles. The van der Waals surface area contributed by atoms with Gasteiger partial charge in [-0.3, -0.25) is 4.79 Å². The molecule has 0 saturated heterocycles. The van der Waals surface area contributed by atoms with Crippen molar-refractivity contribution in [1.82, 2.24) is 4.72 Å². The summed E-state index contributed by atoms with van der Waals surface area (Å²) in [5, 5.41) is 9.34. The number of carboxylic acid groups (broad SMARTS) is 1. The second-order valence-electron chi connectivity index (χ2n) is 4.72. The zero-order valence-electron chi connectivity index (χ0n) is 10.6. The van der Waals surface area contributed by atoms with E-state index >= 15 is 0 Å². The number of nitrogens with one attached hydrogen (secondary N) is 1. The molecule has 1 fully saturated rings. The molecule has 6 nitrogen and oxygen atoms in total. The van der Waals surface area contributed by atoms with Gasteiger partial charge in [0.15, 0.2) is 0 Å². The lowest BCUT2D eigenvalue weighted by Crippen LogP contribution is -2.54. The molecule has 1 rings (SSSR count). The third-order valence-electron chi connectivity index (χ3n) is 3.27. The van der Waals surface area contributed by atoms with Gasteiger partial charge in [0.1, 0.15) is 5.54 Å². The Balaban J connectivity index is 2.82. The maximum absolute atomic E-state index is 11.8. The summed E-state index contributed by atoms with van der Waals surface area (Å²) in [6.07, 6.45) is 4.09. The van der Waals surface area contributed by atoms with Crippen molar-refractivity contribution >= 4 is 16.0 Å². The van der Waals surface area contributed by atoms with Crippen molar-refractivity contribution < 1.29 is 23.1 Å². The molecule has 0 atom stereocenters. The standard InChI is InChI=1S/C11H21NO5S/c1-17-8-9-18(15,16)12-11(10(13)14)6-4-2-3-5-7-11/h12H,2-9H2,1H3,(H,13,14). The number of hydrogen-bond donors (Lipinski definition) is 2. The van der Waals surface area contributed by atoms with Crippen LogP contribution in [0.25, 0.3) is 0 Å². The minimum absolute atomic E-state index is 0.0605. The Morgan fingerprint density at radius 3 is 2.28 bits per heavy atom. The highest BCUT2D eigenvalue weighted by molar-refractivity contribution is 7.89. The van der Waals surface area contributed by atoms with Gasteiger partial charge in [0.2, 0.25) is 10.0 Å². The monoisotopic (exact) mass is 279 g/mol. The summed E-state index contributed by atoms with van der Waals surface area (Å²) in [4.78, 5) is 11.4. The number of sulfonamides is 1. The molecule has 0 aromatic heterocycles. The molecule has 1 aliphatic rings. The van der Waals surface area contributed by atoms with Crippen molar-refractivity contribution in [3.8, 4) is 0 Å². The molecule has 18 heavy (non-hydrogen) atoms. The fourth-order valence-corrected chi connectivity index (χ4v) is 3.61. The summed E-state index contributed by atoms with van der Waals surface area (Å²) in [6.45, 7) is 0.0605. The normalized spacial score (nSPS) is 20.3. The van der Waals surface area contributed by atoms with E-state index in [9.17, 15) is 18.3 Å². The van der Waals surface area contributed by atoms with Gasteiger partial charge < -0.3 is 9.84 Å². The highest BCUT2D eigenvalue weighted by Crippen LogP contribution is 2.28. The topological polar surface area (TPSA) is 92.7 Å². The minimum atomic E-state index is -3.62. The lowest BCUT2D eigenvalue weighted by atomic mass is 9.92. The third kappa shape index (κ3) is 4.22. The van der Waals surface area contributed by atoms with Crippen LogP contribution in [0.1, 0.15) is 38.5 Å². The van der Waals surface area contributed by atoms with Gasteiger partial charge in [0, 0.05) is 7.11 Å². The lowest BCUT2D eigenvalue weighted by molar-refractivity contribution is -0.144. The molecule has 0 heterocycles. The highest BCUT2D eigenvalue weighted by Gasteiger charge is 2.41. The maximum Gasteiger partial charge on any atom is 0.324 e. The number of hydrogen-bond acceptors (Lipinski definition) is 4. The van der Waals surface area contributed by atoms with Crippen molar-refractivity contribution in [2.24, 2.45) is 0 Å². The lowest BCUT2D eigenvalue weighted by Gasteiger charge is -2.28. The predicted octanol–water partition coefficient (Wildman–Crippen LogP) is 0.730. The Hall–Kier alpha value is -0.660. The van der Waals surface area contributed by atoms with E-state index in [1.165, 1.54) is 7.11 Å². The molecule has 0 aromatic carbocycles. The molecule has 2 N–H and O–H groups in total. The summed E-state index contributed by atoms with van der Waals surface area (Å²) in [5.41, 5.74) is -1.33. The van der Waals surface area contributed by atoms with E-state index < -0.39 is 21.5 Å². The number of ether oxygens (including phenoxy) is 1. The number of rotatable bonds is 6. The largest absolute Gasteiger partial charge is 0.480 e. The molecule has 7 heteroatoms. The van der Waals surface area contributed by atoms with Gasteiger partial charge in [-0.15, -0.1) is 0 Å². The molecule has 106 valence electrons. The van der Waals surface area contributed by atoms with Crippen LogP contribution in [0.3, 0.4) is 0 Å². The molecule has 0 unspecified atom stereocenters. The molecule has 0 aliphatic heterocycles. The molecule has 0 spiro atoms. The summed E-state index contributed by atoms with van der Waals surface area (Å²) in [5.74, 6) is -1.29. The first-order chi connectivity index (χ1) is 8.42. The summed E-state index contributed by atoms with van der Waals surface area (Å²) < 4.78 is 30.7. The molecule has 0 radical (unpaired) electrons. The van der Waals surface area contributed by atoms with Gasteiger partial charge in [-0.1, -0.05) is 25.7 Å². The van der Waals surface area contributed by atoms with Gasteiger partial charge in [0.05, 0.1) is 12.4 Å². The Kier molecular flexibility index (Phi) is 5.55. The zero-order chi connectivity index (χ0) is 13.6. The van der Waals surface area contributed by atoms with E-state index in [0.29, 0.717) is 12.8 Å². The van der Waals surface area contributed by atoms with Crippen LogP contribution in [0, 0.1) is 0 Å². The molecule has 1 aliphatic carbocycles. The number of carboxylic acids is 1. The van der Waals surface area contributed by atoms with Crippen molar-refractivity contribution in [3.63, 3.8) is 0 Å². The van der Waals surface area contributed by atoms with Crippen LogP contribution in [0.4, 0.5) is 0 Å². The maximum atomic E-state index is 11.8. The first-order valence-electron chi connectivity index (χ1n) is 6.16. The van der Waals surface area contributed by atoms with Gasteiger partial charge >= 0.3 is 5.97 Å². The highest BCUT2D eigenvalue weighted by atomic mass is 32.2. The minimum Gasteiger partial charge on any atom is -0.480 e. The van der Waals surface area contributed by atoms with Crippen LogP contribution in [-0.2, 0) is 19.6 Å². The SMILES string of the molecule is COCCS(=O)(=O)NC1(C(=O)O)CCCCCC1. The fourth-order valence-electron chi connectivity index (χ4n) is 2.23. The fraction of sp³-hybridized carbons (Fsp3) is 0.909. The molecule has 0 bridgehead atoms. The van der Waals surface area contributed by atoms with Crippen molar-refractivity contribution in [1.29, 1.82) is 0 Å². The van der Waals surface area contributed by atoms with Gasteiger partial charge in [0.25, 0.3) is 0 Å². The van der Waals surface area contributed by atoms with E-state index in [1.807, 2.05) is 0 Å². The Bertz CT molecular complexity index is 371. The summed E-state index contributed by atoms with van der Waals surface area (Å²) >= 11 is 0. The van der Waals surface area contributed by atoms with Gasteiger partial charge in [-0.05, 0) is 12.8 Å². The van der Waals surface area contributed by atoms with Crippen LogP contribution in [0.2, 0.25) is 0 Å². The second kappa shape index (κ2) is 6.49. The van der Waals surface area contributed by atoms with Crippen LogP contribution in [-0.4, -0.2) is 44.5 Å². The van der Waals surface area contributed by atoms with E-state index in [4.69, 9.17) is 4.74 Å². The molecular weight excluding hydrogens is 258 g/mol. The average Bonchev–Trinajstić information content (AvgIpc) is 2.52. The number of aliphatic carboxylic acids is 1. The van der Waals surface area contributed by atoms with Crippen LogP contribution in [0.15, 0.2) is 0 Å². The van der Waals surface area contributed by atoms with E-state index in [0.717, 1.165) is 25.7 Å². The first kappa shape index (κ1) is 15.4. The Morgan fingerprint density at radius 1 is 1.28 bits per heavy atom. The Labute approximate surface area is 108 Å². The summed E-state index contributed by atoms with van der Waals surface area (Å²) in [6, 6.07) is 0. The number of carbonyl (C=O) groups is 1. The molecular formula is C11H21NO5S. The Morgan fingerprint density at radius 2 is 1.83 bits per heavy atom.